The molecular formula is C20H29F2N3O. The Hall–Kier alpha value is -1.53. The van der Waals surface area contributed by atoms with Gasteiger partial charge in [0.1, 0.15) is 17.4 Å². The number of ketones is 1. The molecule has 0 unspecified atom stereocenters. The van der Waals surface area contributed by atoms with Crippen LogP contribution in [0.4, 0.5) is 14.5 Å². The number of rotatable bonds is 6. The van der Waals surface area contributed by atoms with Crippen LogP contribution in [-0.2, 0) is 4.79 Å². The molecule has 1 aromatic rings. The van der Waals surface area contributed by atoms with Gasteiger partial charge in [0.25, 0.3) is 0 Å². The van der Waals surface area contributed by atoms with E-state index in [1.54, 1.807) is 6.92 Å². The van der Waals surface area contributed by atoms with Crippen molar-refractivity contribution in [2.24, 2.45) is 5.92 Å². The van der Waals surface area contributed by atoms with Crippen LogP contribution >= 0.6 is 0 Å². The first-order valence-electron chi connectivity index (χ1n) is 9.65. The van der Waals surface area contributed by atoms with Crippen LogP contribution in [0.2, 0.25) is 0 Å². The Kier molecular flexibility index (Phi) is 6.59. The molecule has 0 spiro atoms. The molecule has 0 aliphatic carbocycles. The molecule has 0 amide bonds. The van der Waals surface area contributed by atoms with Crippen LogP contribution in [0.25, 0.3) is 0 Å². The monoisotopic (exact) mass is 365 g/mol. The van der Waals surface area contributed by atoms with Gasteiger partial charge in [-0.3, -0.25) is 14.6 Å². The first kappa shape index (κ1) is 19.2. The number of hydrogen-bond acceptors (Lipinski definition) is 4. The average Bonchev–Trinajstić information content (AvgIpc) is 2.61. The van der Waals surface area contributed by atoms with Gasteiger partial charge in [-0.15, -0.1) is 0 Å². The Bertz CT molecular complexity index is 609. The highest BCUT2D eigenvalue weighted by atomic mass is 19.1. The standard InChI is InChI=1S/C20H29F2N3O/c1-16(26)15-24-8-5-17(6-9-24)4-7-23-10-12-25(13-11-23)20-3-2-18(21)14-19(20)22/h2-3,14,17H,4-13,15H2,1H3. The Labute approximate surface area is 154 Å². The van der Waals surface area contributed by atoms with Crippen molar-refractivity contribution >= 4 is 11.5 Å². The van der Waals surface area contributed by atoms with Crippen molar-refractivity contribution in [1.29, 1.82) is 0 Å². The lowest BCUT2D eigenvalue weighted by atomic mass is 9.93. The molecule has 0 N–H and O–H groups in total. The number of piperidine rings is 1. The lowest BCUT2D eigenvalue weighted by Crippen LogP contribution is -2.47. The number of halogens is 2. The van der Waals surface area contributed by atoms with Crippen molar-refractivity contribution in [3.05, 3.63) is 29.8 Å². The average molecular weight is 365 g/mol. The van der Waals surface area contributed by atoms with Gasteiger partial charge in [-0.1, -0.05) is 0 Å². The minimum atomic E-state index is -0.528. The summed E-state index contributed by atoms with van der Waals surface area (Å²) in [6, 6.07) is 3.82. The minimum Gasteiger partial charge on any atom is -0.367 e. The van der Waals surface area contributed by atoms with Crippen molar-refractivity contribution in [1.82, 2.24) is 9.80 Å². The highest BCUT2D eigenvalue weighted by Crippen LogP contribution is 2.23. The van der Waals surface area contributed by atoms with E-state index in [4.69, 9.17) is 0 Å². The third kappa shape index (κ3) is 5.24. The third-order valence-corrected chi connectivity index (χ3v) is 5.63. The zero-order chi connectivity index (χ0) is 18.5. The molecule has 0 aromatic heterocycles. The lowest BCUT2D eigenvalue weighted by molar-refractivity contribution is -0.118. The molecule has 6 heteroatoms. The Morgan fingerprint density at radius 2 is 1.73 bits per heavy atom. The maximum absolute atomic E-state index is 13.9. The zero-order valence-corrected chi connectivity index (χ0v) is 15.6. The number of piperazine rings is 1. The predicted molar refractivity (Wildman–Crippen MR) is 99.5 cm³/mol. The van der Waals surface area contributed by atoms with E-state index in [1.165, 1.54) is 31.4 Å². The number of benzene rings is 1. The van der Waals surface area contributed by atoms with Crippen molar-refractivity contribution in [3.63, 3.8) is 0 Å². The molecule has 2 saturated heterocycles. The summed E-state index contributed by atoms with van der Waals surface area (Å²) in [6.07, 6.45) is 3.54. The first-order valence-corrected chi connectivity index (χ1v) is 9.65. The molecule has 0 radical (unpaired) electrons. The van der Waals surface area contributed by atoms with E-state index in [2.05, 4.69) is 9.80 Å². The zero-order valence-electron chi connectivity index (χ0n) is 15.6. The number of nitrogens with zero attached hydrogens (tertiary/aromatic N) is 3. The van der Waals surface area contributed by atoms with E-state index in [9.17, 15) is 13.6 Å². The number of anilines is 1. The van der Waals surface area contributed by atoms with E-state index in [1.807, 2.05) is 4.90 Å². The van der Waals surface area contributed by atoms with Gasteiger partial charge in [0.15, 0.2) is 0 Å². The quantitative estimate of drug-likeness (QED) is 0.775. The van der Waals surface area contributed by atoms with Gasteiger partial charge < -0.3 is 4.90 Å². The van der Waals surface area contributed by atoms with E-state index >= 15 is 0 Å². The lowest BCUT2D eigenvalue weighted by Gasteiger charge is -2.37. The fourth-order valence-electron chi connectivity index (χ4n) is 4.06. The number of carbonyl (C=O) groups excluding carboxylic acids is 1. The second-order valence-corrected chi connectivity index (χ2v) is 7.63. The molecule has 0 saturated carbocycles. The fraction of sp³-hybridized carbons (Fsp3) is 0.650. The predicted octanol–water partition coefficient (Wildman–Crippen LogP) is 2.78. The normalized spacial score (nSPS) is 20.5. The summed E-state index contributed by atoms with van der Waals surface area (Å²) in [7, 11) is 0. The Morgan fingerprint density at radius 1 is 1.04 bits per heavy atom. The van der Waals surface area contributed by atoms with Crippen molar-refractivity contribution in [2.75, 3.05) is 57.3 Å². The third-order valence-electron chi connectivity index (χ3n) is 5.63. The smallest absolute Gasteiger partial charge is 0.149 e. The molecule has 2 fully saturated rings. The van der Waals surface area contributed by atoms with Gasteiger partial charge in [0, 0.05) is 32.2 Å². The largest absolute Gasteiger partial charge is 0.367 e. The number of hydrogen-bond donors (Lipinski definition) is 0. The Morgan fingerprint density at radius 3 is 2.35 bits per heavy atom. The molecule has 2 aliphatic rings. The van der Waals surface area contributed by atoms with Crippen LogP contribution in [0, 0.1) is 17.6 Å². The van der Waals surface area contributed by atoms with Gasteiger partial charge >= 0.3 is 0 Å². The fourth-order valence-corrected chi connectivity index (χ4v) is 4.06. The maximum atomic E-state index is 13.9. The SMILES string of the molecule is CC(=O)CN1CCC(CCN2CCN(c3ccc(F)cc3F)CC2)CC1. The summed E-state index contributed by atoms with van der Waals surface area (Å²) >= 11 is 0. The molecule has 0 atom stereocenters. The van der Waals surface area contributed by atoms with Gasteiger partial charge in [-0.25, -0.2) is 8.78 Å². The maximum Gasteiger partial charge on any atom is 0.149 e. The van der Waals surface area contributed by atoms with Crippen molar-refractivity contribution in [3.8, 4) is 0 Å². The van der Waals surface area contributed by atoms with E-state index in [0.29, 0.717) is 12.2 Å². The van der Waals surface area contributed by atoms with E-state index in [-0.39, 0.29) is 5.78 Å². The summed E-state index contributed by atoms with van der Waals surface area (Å²) in [6.45, 7) is 8.78. The number of carbonyl (C=O) groups is 1. The van der Waals surface area contributed by atoms with Crippen molar-refractivity contribution in [2.45, 2.75) is 26.2 Å². The highest BCUT2D eigenvalue weighted by Gasteiger charge is 2.23. The van der Waals surface area contributed by atoms with Gasteiger partial charge in [-0.05, 0) is 63.9 Å². The van der Waals surface area contributed by atoms with Gasteiger partial charge in [0.05, 0.1) is 12.2 Å². The van der Waals surface area contributed by atoms with Crippen LogP contribution in [0.5, 0.6) is 0 Å². The van der Waals surface area contributed by atoms with Gasteiger partial charge in [-0.2, -0.15) is 0 Å². The molecule has 1 aromatic carbocycles. The highest BCUT2D eigenvalue weighted by molar-refractivity contribution is 5.77. The summed E-state index contributed by atoms with van der Waals surface area (Å²) in [5, 5.41) is 0. The summed E-state index contributed by atoms with van der Waals surface area (Å²) in [4.78, 5) is 17.9. The molecule has 2 aliphatic heterocycles. The van der Waals surface area contributed by atoms with E-state index in [0.717, 1.165) is 57.8 Å². The molecule has 3 rings (SSSR count). The molecule has 4 nitrogen and oxygen atoms in total. The molecule has 26 heavy (non-hydrogen) atoms. The number of Topliss-reactive ketones (excluding diaryl/α,β-unsaturated/α-hetero) is 1. The Balaban J connectivity index is 1.38. The minimum absolute atomic E-state index is 0.249. The van der Waals surface area contributed by atoms with Crippen LogP contribution in [-0.4, -0.2) is 67.9 Å². The summed E-state index contributed by atoms with van der Waals surface area (Å²) in [5.74, 6) is -0.0142. The van der Waals surface area contributed by atoms with Crippen LogP contribution in [0.1, 0.15) is 26.2 Å². The first-order chi connectivity index (χ1) is 12.5. The molecule has 0 bridgehead atoms. The number of likely N-dealkylation sites (tertiary alicyclic amines) is 1. The van der Waals surface area contributed by atoms with Gasteiger partial charge in [0.2, 0.25) is 0 Å². The van der Waals surface area contributed by atoms with Crippen molar-refractivity contribution < 1.29 is 13.6 Å². The molecule has 2 heterocycles. The topological polar surface area (TPSA) is 26.8 Å². The molecular weight excluding hydrogens is 336 g/mol. The van der Waals surface area contributed by atoms with Crippen LogP contribution in [0.3, 0.4) is 0 Å². The second-order valence-electron chi connectivity index (χ2n) is 7.63. The van der Waals surface area contributed by atoms with Crippen LogP contribution in [0.15, 0.2) is 18.2 Å². The van der Waals surface area contributed by atoms with E-state index < -0.39 is 11.6 Å². The second kappa shape index (κ2) is 8.91. The summed E-state index contributed by atoms with van der Waals surface area (Å²) < 4.78 is 27.0. The molecule has 144 valence electrons. The van der Waals surface area contributed by atoms with Crippen LogP contribution < -0.4 is 4.90 Å². The summed E-state index contributed by atoms with van der Waals surface area (Å²) in [5.41, 5.74) is 0.504.